The molecular formula is C70H82FN7O19S. The standard InChI is InChI=1S/C70H82FN7O19S/c1-96-53-25-27-54(28-26-53)98(94,95)78-59(40-65(87)88)61(82)39-47(24-30-64(85)86)68(91)76-42-52(80)36-48(33-43-13-11-17-50(71)34-43)69(92)77-58(37-49-41-75-57-21-7-6-19-55(49)57)60(81)38-46(23-29-63(83)84)67(90)73-31-9-2-3-18-51(79)35-45(66(72)89)15-8-10-32-74-70(93)97-62-22-12-16-44-14-4-5-20-56(44)62/h4-7,11-14,16-17,19-22,25-28,34,41,45-48,58-59,75,78H,2-3,8-10,15,18,23-24,29-33,35-40,42H2,1H3,(H2,72,89)(H,73,90)(H,74,93)(H,76,91)(H,77,92)(H,83,84)(H,85,86)(H,87,88)/t45-,46-,47-,48-,58+,59-/m1/s1. The van der Waals surface area contributed by atoms with Crippen molar-refractivity contribution >= 4 is 102 Å². The van der Waals surface area contributed by atoms with Crippen molar-refractivity contribution in [3.05, 3.63) is 138 Å². The normalized spacial score (nSPS) is 13.2. The third kappa shape index (κ3) is 25.4. The molecule has 524 valence electrons. The highest BCUT2D eigenvalue weighted by Crippen LogP contribution is 2.27. The smallest absolute Gasteiger partial charge is 0.412 e. The van der Waals surface area contributed by atoms with Crippen LogP contribution in [-0.2, 0) is 75.6 Å². The number of carbonyl (C=O) groups excluding carboxylic acids is 9. The number of amides is 5. The number of para-hydroxylation sites is 1. The molecule has 0 aliphatic rings. The number of rotatable bonds is 45. The van der Waals surface area contributed by atoms with Gasteiger partial charge in [0.05, 0.1) is 37.1 Å². The van der Waals surface area contributed by atoms with Crippen molar-refractivity contribution in [3.63, 3.8) is 0 Å². The average Bonchev–Trinajstić information content (AvgIpc) is 1.39. The topological polar surface area (TPSA) is 420 Å². The second kappa shape index (κ2) is 38.5. The Morgan fingerprint density at radius 1 is 0.561 bits per heavy atom. The lowest BCUT2D eigenvalue weighted by atomic mass is 9.89. The van der Waals surface area contributed by atoms with Crippen LogP contribution >= 0.6 is 0 Å². The number of carboxylic acid groups (broad SMARTS) is 3. The van der Waals surface area contributed by atoms with Gasteiger partial charge in [-0.15, -0.1) is 0 Å². The van der Waals surface area contributed by atoms with Gasteiger partial charge in [0.15, 0.2) is 17.3 Å². The van der Waals surface area contributed by atoms with Crippen molar-refractivity contribution in [1.29, 1.82) is 0 Å². The molecule has 0 fully saturated rings. The molecule has 0 radical (unpaired) electrons. The zero-order valence-electron chi connectivity index (χ0n) is 54.1. The molecule has 5 amide bonds. The minimum atomic E-state index is -4.55. The van der Waals surface area contributed by atoms with Crippen LogP contribution in [0.4, 0.5) is 9.18 Å². The molecule has 0 unspecified atom stereocenters. The van der Waals surface area contributed by atoms with Gasteiger partial charge in [-0.05, 0) is 110 Å². The van der Waals surface area contributed by atoms with Gasteiger partial charge in [-0.1, -0.05) is 79.6 Å². The number of carboxylic acids is 3. The Morgan fingerprint density at radius 2 is 1.17 bits per heavy atom. The summed E-state index contributed by atoms with van der Waals surface area (Å²) in [7, 11) is -3.21. The molecule has 6 atom stereocenters. The Labute approximate surface area is 564 Å². The molecule has 11 N–H and O–H groups in total. The van der Waals surface area contributed by atoms with Crippen LogP contribution in [0.25, 0.3) is 21.7 Å². The molecular weight excluding hydrogens is 1290 g/mol. The van der Waals surface area contributed by atoms with Crippen molar-refractivity contribution < 1.29 is 95.1 Å². The maximum Gasteiger partial charge on any atom is 0.412 e. The van der Waals surface area contributed by atoms with Gasteiger partial charge in [0.2, 0.25) is 33.7 Å². The summed E-state index contributed by atoms with van der Waals surface area (Å²) >= 11 is 0. The predicted molar refractivity (Wildman–Crippen MR) is 355 cm³/mol. The number of carbonyl (C=O) groups is 12. The number of nitrogens with one attached hydrogen (secondary N) is 6. The second-order valence-corrected chi connectivity index (χ2v) is 25.6. The molecule has 0 aliphatic heterocycles. The number of unbranched alkanes of at least 4 members (excludes halogenated alkanes) is 3. The van der Waals surface area contributed by atoms with E-state index in [4.69, 9.17) is 15.2 Å². The van der Waals surface area contributed by atoms with E-state index < -0.39 is 168 Å². The van der Waals surface area contributed by atoms with Crippen LogP contribution in [0.2, 0.25) is 0 Å². The number of H-pyrrole nitrogens is 1. The van der Waals surface area contributed by atoms with Gasteiger partial charge in [-0.25, -0.2) is 22.3 Å². The van der Waals surface area contributed by atoms with E-state index >= 15 is 0 Å². The molecule has 26 nitrogen and oxygen atoms in total. The fraction of sp³-hybridized carbons (Fsp3) is 0.400. The highest BCUT2D eigenvalue weighted by atomic mass is 32.2. The van der Waals surface area contributed by atoms with Crippen LogP contribution in [0.15, 0.2) is 126 Å². The molecule has 5 aromatic carbocycles. The van der Waals surface area contributed by atoms with E-state index in [-0.39, 0.29) is 61.4 Å². The number of hydrogen-bond donors (Lipinski definition) is 10. The maximum absolute atomic E-state index is 14.7. The molecule has 1 aromatic heterocycles. The second-order valence-electron chi connectivity index (χ2n) is 23.9. The molecule has 0 spiro atoms. The first-order valence-corrected chi connectivity index (χ1v) is 33.6. The lowest BCUT2D eigenvalue weighted by Crippen LogP contribution is -2.47. The Balaban J connectivity index is 1.06. The monoisotopic (exact) mass is 1380 g/mol. The number of Topliss-reactive ketones (excluding diaryl/α,β-unsaturated/α-hetero) is 4. The molecule has 28 heteroatoms. The number of hydrogen-bond acceptors (Lipinski definition) is 16. The Kier molecular flexibility index (Phi) is 30.2. The summed E-state index contributed by atoms with van der Waals surface area (Å²) in [4.78, 5) is 161. The number of aromatic nitrogens is 1. The number of fused-ring (bicyclic) bond motifs is 2. The SMILES string of the molecule is COc1ccc(S(=O)(=O)N[C@H](CC(=O)O)C(=O)C[C@@H](CCC(=O)O)C(=O)NCC(=O)C[C@@H](Cc2cccc(F)c2)C(=O)N[C@@H](Cc2c[nH]c3ccccc23)C(=O)C[C@@H](CCC(=O)O)C(=O)NCCCCCC(=O)C[C@@H](CCCCNC(=O)Oc2cccc3ccccc23)C(N)=O)cc1. The van der Waals surface area contributed by atoms with Crippen LogP contribution in [0, 0.1) is 29.5 Å². The van der Waals surface area contributed by atoms with Crippen LogP contribution < -0.4 is 41.2 Å². The largest absolute Gasteiger partial charge is 0.497 e. The summed E-state index contributed by atoms with van der Waals surface area (Å²) in [5, 5.41) is 41.7. The van der Waals surface area contributed by atoms with E-state index in [0.717, 1.165) is 35.0 Å². The van der Waals surface area contributed by atoms with Crippen LogP contribution in [0.1, 0.15) is 114 Å². The molecule has 0 saturated carbocycles. The van der Waals surface area contributed by atoms with E-state index in [1.165, 1.54) is 31.4 Å². The summed E-state index contributed by atoms with van der Waals surface area (Å²) in [5.41, 5.74) is 7.13. The number of aromatic amines is 1. The predicted octanol–water partition coefficient (Wildman–Crippen LogP) is 6.83. The van der Waals surface area contributed by atoms with Crippen molar-refractivity contribution in [2.45, 2.75) is 133 Å². The first-order chi connectivity index (χ1) is 46.8. The number of halogens is 1. The zero-order valence-corrected chi connectivity index (χ0v) is 54.9. The fourth-order valence-corrected chi connectivity index (χ4v) is 12.4. The lowest BCUT2D eigenvalue weighted by Gasteiger charge is -2.24. The summed E-state index contributed by atoms with van der Waals surface area (Å²) in [6.07, 6.45) is -2.07. The highest BCUT2D eigenvalue weighted by Gasteiger charge is 2.35. The number of methoxy groups -OCH3 is 1. The number of primary amides is 1. The minimum absolute atomic E-state index is 0.0751. The molecule has 1 heterocycles. The van der Waals surface area contributed by atoms with Crippen molar-refractivity contribution in [2.75, 3.05) is 26.7 Å². The first kappa shape index (κ1) is 76.8. The van der Waals surface area contributed by atoms with E-state index in [2.05, 4.69) is 26.3 Å². The average molecular weight is 1380 g/mol. The number of sulfonamides is 1. The van der Waals surface area contributed by atoms with Gasteiger partial charge in [-0.3, -0.25) is 52.7 Å². The number of ether oxygens (including phenoxy) is 2. The summed E-state index contributed by atoms with van der Waals surface area (Å²) in [6.45, 7) is -0.483. The lowest BCUT2D eigenvalue weighted by molar-refractivity contribution is -0.140. The van der Waals surface area contributed by atoms with Gasteiger partial charge in [-0.2, -0.15) is 0 Å². The van der Waals surface area contributed by atoms with Gasteiger partial charge < -0.3 is 56.8 Å². The fourth-order valence-electron chi connectivity index (χ4n) is 11.2. The summed E-state index contributed by atoms with van der Waals surface area (Å²) < 4.78 is 53.8. The van der Waals surface area contributed by atoms with Gasteiger partial charge in [0.1, 0.15) is 23.1 Å². The van der Waals surface area contributed by atoms with E-state index in [0.29, 0.717) is 66.5 Å². The number of benzene rings is 5. The van der Waals surface area contributed by atoms with Crippen molar-refractivity contribution in [1.82, 2.24) is 31.0 Å². The number of aliphatic carboxylic acids is 3. The Bertz CT molecular complexity index is 3930. The van der Waals surface area contributed by atoms with Gasteiger partial charge in [0.25, 0.3) is 0 Å². The minimum Gasteiger partial charge on any atom is -0.497 e. The Hall–Kier alpha value is -10.2. The molecule has 6 rings (SSSR count). The molecule has 0 aliphatic carbocycles. The molecule has 6 aromatic rings. The zero-order chi connectivity index (χ0) is 71.3. The van der Waals surface area contributed by atoms with Gasteiger partial charge in [0, 0.05) is 111 Å². The molecule has 0 saturated heterocycles. The van der Waals surface area contributed by atoms with Crippen LogP contribution in [0.3, 0.4) is 0 Å². The molecule has 98 heavy (non-hydrogen) atoms. The van der Waals surface area contributed by atoms with Crippen LogP contribution in [-0.4, -0.2) is 138 Å². The van der Waals surface area contributed by atoms with Gasteiger partial charge >= 0.3 is 24.0 Å². The Morgan fingerprint density at radius 3 is 1.84 bits per heavy atom. The summed E-state index contributed by atoms with van der Waals surface area (Å²) in [5.74, 6) is -15.1. The quantitative estimate of drug-likeness (QED) is 0.0175. The van der Waals surface area contributed by atoms with E-state index in [1.807, 2.05) is 35.1 Å². The van der Waals surface area contributed by atoms with Crippen LogP contribution in [0.5, 0.6) is 11.5 Å². The first-order valence-electron chi connectivity index (χ1n) is 32.1. The van der Waals surface area contributed by atoms with Crippen molar-refractivity contribution in [3.8, 4) is 11.5 Å². The maximum atomic E-state index is 14.7. The third-order valence-corrected chi connectivity index (χ3v) is 18.0. The van der Waals surface area contributed by atoms with E-state index in [1.54, 1.807) is 42.6 Å². The van der Waals surface area contributed by atoms with Crippen molar-refractivity contribution in [2.24, 2.45) is 29.4 Å². The summed E-state index contributed by atoms with van der Waals surface area (Å²) in [6, 6.07) is 26.5. The molecule has 0 bridgehead atoms. The van der Waals surface area contributed by atoms with E-state index in [9.17, 15) is 85.7 Å². The number of nitrogens with two attached hydrogens (primary N) is 1. The highest BCUT2D eigenvalue weighted by molar-refractivity contribution is 7.89. The number of ketones is 4. The third-order valence-electron chi connectivity index (χ3n) is 16.5.